The van der Waals surface area contributed by atoms with Gasteiger partial charge in [-0.15, -0.1) is 0 Å². The Kier molecular flexibility index (Phi) is 5.38. The van der Waals surface area contributed by atoms with Crippen molar-refractivity contribution in [2.45, 2.75) is 6.92 Å². The van der Waals surface area contributed by atoms with Crippen LogP contribution >= 0.6 is 11.6 Å². The summed E-state index contributed by atoms with van der Waals surface area (Å²) in [7, 11) is 0. The topological polar surface area (TPSA) is 67.4 Å². The Bertz CT molecular complexity index is 689. The number of aryl methyl sites for hydroxylation is 1. The summed E-state index contributed by atoms with van der Waals surface area (Å²) < 4.78 is 5.26. The van der Waals surface area contributed by atoms with E-state index in [1.807, 2.05) is 13.0 Å². The number of nitrogens with one attached hydrogen (secondary N) is 2. The molecule has 0 aromatic heterocycles. The Balaban J connectivity index is 1.81. The van der Waals surface area contributed by atoms with Gasteiger partial charge in [-0.3, -0.25) is 20.4 Å². The maximum absolute atomic E-state index is 11.8. The van der Waals surface area contributed by atoms with Crippen LogP contribution in [0.25, 0.3) is 0 Å². The first-order chi connectivity index (χ1) is 10.6. The first-order valence-corrected chi connectivity index (χ1v) is 6.97. The number of carbonyl (C=O) groups is 2. The molecule has 0 aliphatic rings. The molecular weight excluding hydrogens is 304 g/mol. The fourth-order valence-corrected chi connectivity index (χ4v) is 1.92. The zero-order chi connectivity index (χ0) is 15.9. The number of carbonyl (C=O) groups excluding carboxylic acids is 2. The van der Waals surface area contributed by atoms with Crippen molar-refractivity contribution in [1.29, 1.82) is 0 Å². The Labute approximate surface area is 133 Å². The summed E-state index contributed by atoms with van der Waals surface area (Å²) in [5, 5.41) is 0.416. The highest BCUT2D eigenvalue weighted by molar-refractivity contribution is 6.32. The molecule has 2 N–H and O–H groups in total. The molecule has 22 heavy (non-hydrogen) atoms. The first kappa shape index (κ1) is 15.9. The zero-order valence-corrected chi connectivity index (χ0v) is 12.7. The SMILES string of the molecule is Cc1cccc(C(=O)NNC(=O)COc2ccccc2Cl)c1. The van der Waals surface area contributed by atoms with E-state index in [4.69, 9.17) is 16.3 Å². The molecule has 0 unspecified atom stereocenters. The molecule has 0 atom stereocenters. The van der Waals surface area contributed by atoms with E-state index in [-0.39, 0.29) is 6.61 Å². The normalized spacial score (nSPS) is 9.91. The molecule has 2 amide bonds. The van der Waals surface area contributed by atoms with E-state index in [0.717, 1.165) is 5.56 Å². The van der Waals surface area contributed by atoms with Gasteiger partial charge in [0.1, 0.15) is 5.75 Å². The number of hydrogen-bond donors (Lipinski definition) is 2. The minimum atomic E-state index is -0.485. The van der Waals surface area contributed by atoms with Gasteiger partial charge in [0, 0.05) is 5.56 Å². The lowest BCUT2D eigenvalue weighted by Gasteiger charge is -2.09. The van der Waals surface area contributed by atoms with E-state index in [1.165, 1.54) is 0 Å². The van der Waals surface area contributed by atoms with Gasteiger partial charge in [-0.25, -0.2) is 0 Å². The second-order valence-corrected chi connectivity index (χ2v) is 5.00. The maximum atomic E-state index is 11.8. The molecule has 0 aliphatic carbocycles. The Morgan fingerprint density at radius 3 is 2.59 bits per heavy atom. The third-order valence-corrected chi connectivity index (χ3v) is 3.10. The summed E-state index contributed by atoms with van der Waals surface area (Å²) in [6.07, 6.45) is 0. The average molecular weight is 319 g/mol. The summed E-state index contributed by atoms with van der Waals surface area (Å²) in [5.41, 5.74) is 6.03. The number of amides is 2. The van der Waals surface area contributed by atoms with Crippen LogP contribution in [-0.2, 0) is 4.79 Å². The Morgan fingerprint density at radius 2 is 1.86 bits per heavy atom. The highest BCUT2D eigenvalue weighted by Crippen LogP contribution is 2.22. The molecule has 0 fully saturated rings. The quantitative estimate of drug-likeness (QED) is 0.851. The maximum Gasteiger partial charge on any atom is 0.276 e. The number of hydrogen-bond acceptors (Lipinski definition) is 3. The summed E-state index contributed by atoms with van der Waals surface area (Å²) in [6, 6.07) is 13.9. The van der Waals surface area contributed by atoms with Gasteiger partial charge >= 0.3 is 0 Å². The minimum absolute atomic E-state index is 0.252. The van der Waals surface area contributed by atoms with Crippen LogP contribution < -0.4 is 15.6 Å². The smallest absolute Gasteiger partial charge is 0.276 e. The van der Waals surface area contributed by atoms with Crippen LogP contribution in [0.3, 0.4) is 0 Å². The minimum Gasteiger partial charge on any atom is -0.482 e. The first-order valence-electron chi connectivity index (χ1n) is 6.59. The van der Waals surface area contributed by atoms with Gasteiger partial charge in [0.05, 0.1) is 5.02 Å². The fraction of sp³-hybridized carbons (Fsp3) is 0.125. The van der Waals surface area contributed by atoms with Gasteiger partial charge in [0.25, 0.3) is 11.8 Å². The van der Waals surface area contributed by atoms with E-state index >= 15 is 0 Å². The largest absolute Gasteiger partial charge is 0.482 e. The molecule has 0 saturated carbocycles. The van der Waals surface area contributed by atoms with Gasteiger partial charge in [-0.2, -0.15) is 0 Å². The molecule has 2 aromatic rings. The molecular formula is C16H15ClN2O3. The van der Waals surface area contributed by atoms with Crippen LogP contribution in [0.5, 0.6) is 5.75 Å². The van der Waals surface area contributed by atoms with Gasteiger partial charge in [0.15, 0.2) is 6.61 Å². The van der Waals surface area contributed by atoms with Crippen molar-refractivity contribution in [1.82, 2.24) is 10.9 Å². The number of rotatable bonds is 4. The van der Waals surface area contributed by atoms with Crippen molar-refractivity contribution in [3.8, 4) is 5.75 Å². The summed E-state index contributed by atoms with van der Waals surface area (Å²) >= 11 is 5.90. The third kappa shape index (κ3) is 4.49. The van der Waals surface area contributed by atoms with E-state index in [9.17, 15) is 9.59 Å². The van der Waals surface area contributed by atoms with Crippen molar-refractivity contribution in [3.05, 3.63) is 64.7 Å². The number of para-hydroxylation sites is 1. The van der Waals surface area contributed by atoms with Crippen molar-refractivity contribution in [2.75, 3.05) is 6.61 Å². The van der Waals surface area contributed by atoms with Crippen molar-refractivity contribution >= 4 is 23.4 Å². The summed E-state index contributed by atoms with van der Waals surface area (Å²) in [6.45, 7) is 1.63. The van der Waals surface area contributed by atoms with Crippen LogP contribution in [0.1, 0.15) is 15.9 Å². The zero-order valence-electron chi connectivity index (χ0n) is 11.9. The number of hydrazine groups is 1. The highest BCUT2D eigenvalue weighted by Gasteiger charge is 2.08. The lowest BCUT2D eigenvalue weighted by Crippen LogP contribution is -2.43. The second-order valence-electron chi connectivity index (χ2n) is 4.59. The van der Waals surface area contributed by atoms with E-state index in [1.54, 1.807) is 42.5 Å². The van der Waals surface area contributed by atoms with E-state index in [0.29, 0.717) is 16.3 Å². The predicted octanol–water partition coefficient (Wildman–Crippen LogP) is 2.49. The summed E-state index contributed by atoms with van der Waals surface area (Å²) in [5.74, 6) is -0.472. The molecule has 6 heteroatoms. The number of benzene rings is 2. The molecule has 5 nitrogen and oxygen atoms in total. The molecule has 0 spiro atoms. The fourth-order valence-electron chi connectivity index (χ4n) is 1.73. The van der Waals surface area contributed by atoms with Crippen LogP contribution in [0.4, 0.5) is 0 Å². The molecule has 114 valence electrons. The molecule has 0 heterocycles. The van der Waals surface area contributed by atoms with Gasteiger partial charge < -0.3 is 4.74 Å². The molecule has 2 rings (SSSR count). The van der Waals surface area contributed by atoms with Crippen LogP contribution in [-0.4, -0.2) is 18.4 Å². The van der Waals surface area contributed by atoms with Crippen molar-refractivity contribution in [2.24, 2.45) is 0 Å². The van der Waals surface area contributed by atoms with Crippen molar-refractivity contribution in [3.63, 3.8) is 0 Å². The predicted molar refractivity (Wildman–Crippen MR) is 83.7 cm³/mol. The van der Waals surface area contributed by atoms with E-state index < -0.39 is 11.8 Å². The van der Waals surface area contributed by atoms with Gasteiger partial charge in [-0.05, 0) is 31.2 Å². The Morgan fingerprint density at radius 1 is 1.09 bits per heavy atom. The second kappa shape index (κ2) is 7.47. The molecule has 0 bridgehead atoms. The van der Waals surface area contributed by atoms with E-state index in [2.05, 4.69) is 10.9 Å². The molecule has 0 saturated heterocycles. The third-order valence-electron chi connectivity index (χ3n) is 2.79. The van der Waals surface area contributed by atoms with Crippen LogP contribution in [0.2, 0.25) is 5.02 Å². The molecule has 0 aliphatic heterocycles. The van der Waals surface area contributed by atoms with Gasteiger partial charge in [0.2, 0.25) is 0 Å². The molecule has 0 radical (unpaired) electrons. The number of halogens is 1. The molecule has 2 aromatic carbocycles. The van der Waals surface area contributed by atoms with Crippen LogP contribution in [0, 0.1) is 6.92 Å². The lowest BCUT2D eigenvalue weighted by atomic mass is 10.1. The van der Waals surface area contributed by atoms with Crippen molar-refractivity contribution < 1.29 is 14.3 Å². The van der Waals surface area contributed by atoms with Crippen LogP contribution in [0.15, 0.2) is 48.5 Å². The van der Waals surface area contributed by atoms with Gasteiger partial charge in [-0.1, -0.05) is 41.4 Å². The standard InChI is InChI=1S/C16H15ClN2O3/c1-11-5-4-6-12(9-11)16(21)19-18-15(20)10-22-14-8-3-2-7-13(14)17/h2-9H,10H2,1H3,(H,18,20)(H,19,21). The number of ether oxygens (including phenoxy) is 1. The monoisotopic (exact) mass is 318 g/mol. The lowest BCUT2D eigenvalue weighted by molar-refractivity contribution is -0.123. The summed E-state index contributed by atoms with van der Waals surface area (Å²) in [4.78, 5) is 23.5. The average Bonchev–Trinajstić information content (AvgIpc) is 2.52. The Hall–Kier alpha value is -2.53. The highest BCUT2D eigenvalue weighted by atomic mass is 35.5.